The Morgan fingerprint density at radius 3 is 2.43 bits per heavy atom. The summed E-state index contributed by atoms with van der Waals surface area (Å²) >= 11 is 0. The fourth-order valence-electron chi connectivity index (χ4n) is 2.13. The van der Waals surface area contributed by atoms with Crippen molar-refractivity contribution in [3.05, 3.63) is 54.5 Å². The van der Waals surface area contributed by atoms with Gasteiger partial charge in [0.05, 0.1) is 5.69 Å². The van der Waals surface area contributed by atoms with E-state index in [4.69, 9.17) is 4.74 Å². The number of rotatable bonds is 3. The van der Waals surface area contributed by atoms with Crippen molar-refractivity contribution in [2.24, 2.45) is 0 Å². The first-order valence-corrected chi connectivity index (χ1v) is 6.85. The molecule has 21 heavy (non-hydrogen) atoms. The standard InChI is InChI=1S/C17H16N2O2/c1-11(2)14-9-17(19-10-18-14)21-16-8-13-6-4-3-5-12(13)7-15(16)20/h3-11,20H,1-2H3. The van der Waals surface area contributed by atoms with E-state index in [0.29, 0.717) is 17.5 Å². The Morgan fingerprint density at radius 1 is 1.00 bits per heavy atom. The lowest BCUT2D eigenvalue weighted by atomic mass is 10.1. The van der Waals surface area contributed by atoms with E-state index in [-0.39, 0.29) is 5.75 Å². The maximum absolute atomic E-state index is 10.1. The van der Waals surface area contributed by atoms with Crippen LogP contribution in [-0.4, -0.2) is 15.1 Å². The molecule has 0 fully saturated rings. The van der Waals surface area contributed by atoms with Gasteiger partial charge in [-0.15, -0.1) is 0 Å². The summed E-state index contributed by atoms with van der Waals surface area (Å²) in [5, 5.41) is 12.0. The van der Waals surface area contributed by atoms with Crippen LogP contribution in [0.5, 0.6) is 17.4 Å². The molecule has 0 saturated carbocycles. The van der Waals surface area contributed by atoms with Crippen molar-refractivity contribution in [3.8, 4) is 17.4 Å². The fraction of sp³-hybridized carbons (Fsp3) is 0.176. The number of nitrogens with zero attached hydrogens (tertiary/aromatic N) is 2. The maximum Gasteiger partial charge on any atom is 0.222 e. The van der Waals surface area contributed by atoms with Gasteiger partial charge < -0.3 is 9.84 Å². The van der Waals surface area contributed by atoms with Crippen LogP contribution in [0.3, 0.4) is 0 Å². The number of phenolic OH excluding ortho intramolecular Hbond substituents is 1. The largest absolute Gasteiger partial charge is 0.504 e. The Bertz CT molecular complexity index is 785. The monoisotopic (exact) mass is 280 g/mol. The van der Waals surface area contributed by atoms with Gasteiger partial charge in [-0.1, -0.05) is 38.1 Å². The quantitative estimate of drug-likeness (QED) is 0.779. The van der Waals surface area contributed by atoms with E-state index in [1.807, 2.05) is 30.3 Å². The van der Waals surface area contributed by atoms with Gasteiger partial charge in [0.1, 0.15) is 6.33 Å². The number of aromatic hydroxyl groups is 1. The van der Waals surface area contributed by atoms with Crippen molar-refractivity contribution < 1.29 is 9.84 Å². The molecule has 2 aromatic carbocycles. The lowest BCUT2D eigenvalue weighted by Crippen LogP contribution is -1.96. The molecule has 0 radical (unpaired) electrons. The summed E-state index contributed by atoms with van der Waals surface area (Å²) in [6.45, 7) is 4.11. The molecule has 0 aliphatic rings. The van der Waals surface area contributed by atoms with Crippen LogP contribution >= 0.6 is 0 Å². The molecule has 106 valence electrons. The fourth-order valence-corrected chi connectivity index (χ4v) is 2.13. The Morgan fingerprint density at radius 2 is 1.71 bits per heavy atom. The van der Waals surface area contributed by atoms with E-state index in [2.05, 4.69) is 23.8 Å². The van der Waals surface area contributed by atoms with Gasteiger partial charge in [0.2, 0.25) is 5.88 Å². The minimum Gasteiger partial charge on any atom is -0.504 e. The van der Waals surface area contributed by atoms with Crippen LogP contribution in [0.1, 0.15) is 25.5 Å². The smallest absolute Gasteiger partial charge is 0.222 e. The normalized spacial score (nSPS) is 11.0. The second kappa shape index (κ2) is 5.40. The van der Waals surface area contributed by atoms with Gasteiger partial charge in [-0.05, 0) is 28.8 Å². The van der Waals surface area contributed by atoms with Crippen molar-refractivity contribution in [3.63, 3.8) is 0 Å². The SMILES string of the molecule is CC(C)c1cc(Oc2cc3ccccc3cc2O)ncn1. The summed E-state index contributed by atoms with van der Waals surface area (Å²) in [5.41, 5.74) is 0.903. The highest BCUT2D eigenvalue weighted by atomic mass is 16.5. The Kier molecular flexibility index (Phi) is 3.44. The zero-order chi connectivity index (χ0) is 14.8. The second-order valence-corrected chi connectivity index (χ2v) is 5.20. The molecule has 0 saturated heterocycles. The Hall–Kier alpha value is -2.62. The maximum atomic E-state index is 10.1. The summed E-state index contributed by atoms with van der Waals surface area (Å²) in [7, 11) is 0. The van der Waals surface area contributed by atoms with Gasteiger partial charge in [-0.3, -0.25) is 0 Å². The number of aromatic nitrogens is 2. The van der Waals surface area contributed by atoms with Crippen LogP contribution in [0.4, 0.5) is 0 Å². The third-order valence-electron chi connectivity index (χ3n) is 3.30. The highest BCUT2D eigenvalue weighted by molar-refractivity contribution is 5.85. The number of hydrogen-bond donors (Lipinski definition) is 1. The van der Waals surface area contributed by atoms with Crippen LogP contribution in [0.2, 0.25) is 0 Å². The summed E-state index contributed by atoms with van der Waals surface area (Å²) in [6.07, 6.45) is 1.47. The van der Waals surface area contributed by atoms with Gasteiger partial charge in [0, 0.05) is 6.07 Å². The van der Waals surface area contributed by atoms with Crippen LogP contribution in [-0.2, 0) is 0 Å². The minimum atomic E-state index is 0.0957. The van der Waals surface area contributed by atoms with Crippen LogP contribution in [0, 0.1) is 0 Å². The number of hydrogen-bond acceptors (Lipinski definition) is 4. The molecule has 1 N–H and O–H groups in total. The first-order valence-electron chi connectivity index (χ1n) is 6.85. The van der Waals surface area contributed by atoms with E-state index < -0.39 is 0 Å². The average molecular weight is 280 g/mol. The molecule has 1 aromatic heterocycles. The molecule has 3 aromatic rings. The molecule has 0 atom stereocenters. The first-order chi connectivity index (χ1) is 10.1. The van der Waals surface area contributed by atoms with Gasteiger partial charge in [-0.25, -0.2) is 9.97 Å². The molecule has 0 bridgehead atoms. The average Bonchev–Trinajstić information content (AvgIpc) is 2.48. The lowest BCUT2D eigenvalue weighted by molar-refractivity contribution is 0.402. The predicted octanol–water partition coefficient (Wildman–Crippen LogP) is 4.25. The van der Waals surface area contributed by atoms with Crippen molar-refractivity contribution in [2.75, 3.05) is 0 Å². The topological polar surface area (TPSA) is 55.2 Å². The number of ether oxygens (including phenoxy) is 1. The summed E-state index contributed by atoms with van der Waals surface area (Å²) in [6, 6.07) is 13.1. The van der Waals surface area contributed by atoms with Crippen LogP contribution in [0.25, 0.3) is 10.8 Å². The number of fused-ring (bicyclic) bond motifs is 1. The third kappa shape index (κ3) is 2.79. The molecular formula is C17H16N2O2. The number of phenols is 1. The summed E-state index contributed by atoms with van der Waals surface area (Å²) in [4.78, 5) is 8.29. The van der Waals surface area contributed by atoms with Crippen molar-refractivity contribution in [1.82, 2.24) is 9.97 Å². The van der Waals surface area contributed by atoms with Crippen molar-refractivity contribution in [2.45, 2.75) is 19.8 Å². The third-order valence-corrected chi connectivity index (χ3v) is 3.30. The van der Waals surface area contributed by atoms with E-state index in [9.17, 15) is 5.11 Å². The lowest BCUT2D eigenvalue weighted by Gasteiger charge is -2.10. The molecule has 0 amide bonds. The molecule has 0 aliphatic heterocycles. The first kappa shape index (κ1) is 13.4. The van der Waals surface area contributed by atoms with Crippen molar-refractivity contribution in [1.29, 1.82) is 0 Å². The van der Waals surface area contributed by atoms with Crippen molar-refractivity contribution >= 4 is 10.8 Å². The van der Waals surface area contributed by atoms with E-state index in [0.717, 1.165) is 16.5 Å². The van der Waals surface area contributed by atoms with Gasteiger partial charge in [-0.2, -0.15) is 0 Å². The van der Waals surface area contributed by atoms with Crippen LogP contribution < -0.4 is 4.74 Å². The molecule has 0 aliphatic carbocycles. The molecule has 4 nitrogen and oxygen atoms in total. The molecular weight excluding hydrogens is 264 g/mol. The minimum absolute atomic E-state index is 0.0957. The van der Waals surface area contributed by atoms with Crippen LogP contribution in [0.15, 0.2) is 48.8 Å². The zero-order valence-corrected chi connectivity index (χ0v) is 11.9. The Labute approximate surface area is 123 Å². The predicted molar refractivity (Wildman–Crippen MR) is 81.8 cm³/mol. The van der Waals surface area contributed by atoms with E-state index in [1.165, 1.54) is 6.33 Å². The van der Waals surface area contributed by atoms with E-state index in [1.54, 1.807) is 12.1 Å². The summed E-state index contributed by atoms with van der Waals surface area (Å²) < 4.78 is 5.71. The highest BCUT2D eigenvalue weighted by Gasteiger charge is 2.09. The number of benzene rings is 2. The van der Waals surface area contributed by atoms with E-state index >= 15 is 0 Å². The summed E-state index contributed by atoms with van der Waals surface area (Å²) in [5.74, 6) is 1.21. The van der Waals surface area contributed by atoms with Gasteiger partial charge >= 0.3 is 0 Å². The molecule has 0 spiro atoms. The second-order valence-electron chi connectivity index (χ2n) is 5.20. The Balaban J connectivity index is 1.97. The molecule has 0 unspecified atom stereocenters. The molecule has 3 rings (SSSR count). The van der Waals surface area contributed by atoms with Gasteiger partial charge in [0.15, 0.2) is 11.5 Å². The molecule has 4 heteroatoms. The van der Waals surface area contributed by atoms with Gasteiger partial charge in [0.25, 0.3) is 0 Å². The zero-order valence-electron chi connectivity index (χ0n) is 11.9. The highest BCUT2D eigenvalue weighted by Crippen LogP contribution is 2.34. The molecule has 1 heterocycles.